The average Bonchev–Trinajstić information content (AvgIpc) is 3.22. The zero-order chi connectivity index (χ0) is 17.9. The van der Waals surface area contributed by atoms with Gasteiger partial charge in [0.1, 0.15) is 0 Å². The van der Waals surface area contributed by atoms with Gasteiger partial charge in [0.15, 0.2) is 9.84 Å². The number of sulfone groups is 1. The highest BCUT2D eigenvalue weighted by molar-refractivity contribution is 7.91. The molecule has 0 bridgehead atoms. The summed E-state index contributed by atoms with van der Waals surface area (Å²) < 4.78 is 29.1. The van der Waals surface area contributed by atoms with Crippen LogP contribution in [-0.2, 0) is 25.9 Å². The van der Waals surface area contributed by atoms with E-state index < -0.39 is 15.4 Å². The summed E-state index contributed by atoms with van der Waals surface area (Å²) in [6.07, 6.45) is 2.76. The summed E-state index contributed by atoms with van der Waals surface area (Å²) in [5.41, 5.74) is -0.644. The molecule has 3 heterocycles. The van der Waals surface area contributed by atoms with Gasteiger partial charge in [-0.3, -0.25) is 9.69 Å². The first-order valence-corrected chi connectivity index (χ1v) is 11.4. The molecule has 0 radical (unpaired) electrons. The number of hydrogen-bond donors (Lipinski definition) is 1. The predicted octanol–water partition coefficient (Wildman–Crippen LogP) is 1.42. The SMILES string of the molecule is C[C@]1(NC(=O)CN(Cc2cccs2)C[C@@H]2CCCO2)CCS(=O)(=O)C1. The number of carbonyl (C=O) groups excluding carboxylic acids is 1. The van der Waals surface area contributed by atoms with Crippen LogP contribution in [0.5, 0.6) is 0 Å². The van der Waals surface area contributed by atoms with Crippen molar-refractivity contribution in [2.75, 3.05) is 31.2 Å². The first-order chi connectivity index (χ1) is 11.8. The van der Waals surface area contributed by atoms with Gasteiger partial charge < -0.3 is 10.1 Å². The molecule has 3 rings (SSSR count). The van der Waals surface area contributed by atoms with E-state index in [1.165, 1.54) is 4.88 Å². The van der Waals surface area contributed by atoms with Gasteiger partial charge in [0.05, 0.1) is 29.7 Å². The van der Waals surface area contributed by atoms with Crippen molar-refractivity contribution in [1.82, 2.24) is 10.2 Å². The molecule has 0 aliphatic carbocycles. The molecule has 2 aliphatic heterocycles. The third kappa shape index (κ3) is 5.51. The number of nitrogens with one attached hydrogen (secondary N) is 1. The van der Waals surface area contributed by atoms with Gasteiger partial charge >= 0.3 is 0 Å². The highest BCUT2D eigenvalue weighted by Crippen LogP contribution is 2.23. The molecule has 140 valence electrons. The maximum atomic E-state index is 12.5. The van der Waals surface area contributed by atoms with Crippen molar-refractivity contribution < 1.29 is 17.9 Å². The minimum atomic E-state index is -3.03. The monoisotopic (exact) mass is 386 g/mol. The lowest BCUT2D eigenvalue weighted by Gasteiger charge is -2.28. The minimum Gasteiger partial charge on any atom is -0.377 e. The van der Waals surface area contributed by atoms with Gasteiger partial charge in [0.25, 0.3) is 0 Å². The molecule has 0 aromatic carbocycles. The Hall–Kier alpha value is -0.960. The highest BCUT2D eigenvalue weighted by atomic mass is 32.2. The van der Waals surface area contributed by atoms with E-state index in [-0.39, 0.29) is 30.1 Å². The van der Waals surface area contributed by atoms with E-state index in [4.69, 9.17) is 4.74 Å². The topological polar surface area (TPSA) is 75.7 Å². The molecule has 0 saturated carbocycles. The smallest absolute Gasteiger partial charge is 0.234 e. The fraction of sp³-hybridized carbons (Fsp3) is 0.706. The van der Waals surface area contributed by atoms with Crippen molar-refractivity contribution in [1.29, 1.82) is 0 Å². The number of ether oxygens (including phenoxy) is 1. The normalized spacial score (nSPS) is 28.5. The van der Waals surface area contributed by atoms with Crippen molar-refractivity contribution in [2.24, 2.45) is 0 Å². The molecule has 0 unspecified atom stereocenters. The summed E-state index contributed by atoms with van der Waals surface area (Å²) in [6, 6.07) is 4.07. The lowest BCUT2D eigenvalue weighted by atomic mass is 10.0. The van der Waals surface area contributed by atoms with Crippen molar-refractivity contribution in [3.05, 3.63) is 22.4 Å². The average molecular weight is 387 g/mol. The van der Waals surface area contributed by atoms with Crippen LogP contribution < -0.4 is 5.32 Å². The Morgan fingerprint density at radius 1 is 1.52 bits per heavy atom. The molecule has 8 heteroatoms. The number of nitrogens with zero attached hydrogens (tertiary/aromatic N) is 1. The summed E-state index contributed by atoms with van der Waals surface area (Å²) in [7, 11) is -3.03. The second-order valence-corrected chi connectivity index (χ2v) is 10.6. The fourth-order valence-corrected chi connectivity index (χ4v) is 6.41. The Bertz CT molecular complexity index is 684. The maximum absolute atomic E-state index is 12.5. The molecular weight excluding hydrogens is 360 g/mol. The highest BCUT2D eigenvalue weighted by Gasteiger charge is 2.39. The zero-order valence-corrected chi connectivity index (χ0v) is 16.2. The van der Waals surface area contributed by atoms with Crippen molar-refractivity contribution in [3.8, 4) is 0 Å². The lowest BCUT2D eigenvalue weighted by Crippen LogP contribution is -2.50. The molecule has 6 nitrogen and oxygen atoms in total. The van der Waals surface area contributed by atoms with Crippen LogP contribution in [0.1, 0.15) is 31.1 Å². The third-order valence-electron chi connectivity index (χ3n) is 4.76. The number of rotatable bonds is 7. The van der Waals surface area contributed by atoms with Gasteiger partial charge in [-0.1, -0.05) is 6.07 Å². The molecule has 1 N–H and O–H groups in total. The quantitative estimate of drug-likeness (QED) is 0.767. The number of hydrogen-bond acceptors (Lipinski definition) is 6. The lowest BCUT2D eigenvalue weighted by molar-refractivity contribution is -0.124. The van der Waals surface area contributed by atoms with Crippen LogP contribution in [0.25, 0.3) is 0 Å². The molecule has 1 aromatic rings. The molecule has 2 fully saturated rings. The molecule has 1 aromatic heterocycles. The molecule has 25 heavy (non-hydrogen) atoms. The van der Waals surface area contributed by atoms with Crippen molar-refractivity contribution in [2.45, 2.75) is 44.4 Å². The van der Waals surface area contributed by atoms with Gasteiger partial charge in [-0.15, -0.1) is 11.3 Å². The van der Waals surface area contributed by atoms with E-state index in [0.29, 0.717) is 13.0 Å². The third-order valence-corrected chi connectivity index (χ3v) is 7.52. The summed E-state index contributed by atoms with van der Waals surface area (Å²) in [5, 5.41) is 4.98. The first kappa shape index (κ1) is 18.8. The summed E-state index contributed by atoms with van der Waals surface area (Å²) in [6.45, 7) is 4.30. The second-order valence-electron chi connectivity index (χ2n) is 7.33. The molecular formula is C17H26N2O4S2. The van der Waals surface area contributed by atoms with Crippen molar-refractivity contribution in [3.63, 3.8) is 0 Å². The Balaban J connectivity index is 1.59. The van der Waals surface area contributed by atoms with Crippen LogP contribution in [0.2, 0.25) is 0 Å². The number of carbonyl (C=O) groups is 1. The number of thiophene rings is 1. The summed E-state index contributed by atoms with van der Waals surface area (Å²) in [4.78, 5) is 15.9. The molecule has 2 saturated heterocycles. The molecule has 2 aliphatic rings. The summed E-state index contributed by atoms with van der Waals surface area (Å²) in [5.74, 6) is 0.0650. The van der Waals surface area contributed by atoms with E-state index in [2.05, 4.69) is 16.3 Å². The largest absolute Gasteiger partial charge is 0.377 e. The molecule has 0 spiro atoms. The predicted molar refractivity (Wildman–Crippen MR) is 98.4 cm³/mol. The van der Waals surface area contributed by atoms with Crippen LogP contribution in [-0.4, -0.2) is 62.1 Å². The van der Waals surface area contributed by atoms with Gasteiger partial charge in [-0.25, -0.2) is 8.42 Å². The Morgan fingerprint density at radius 3 is 2.96 bits per heavy atom. The van der Waals surface area contributed by atoms with Gasteiger partial charge in [0.2, 0.25) is 5.91 Å². The Morgan fingerprint density at radius 2 is 2.36 bits per heavy atom. The van der Waals surface area contributed by atoms with Gasteiger partial charge in [0, 0.05) is 24.6 Å². The standard InChI is InChI=1S/C17H26N2O4S2/c1-17(6-9-25(21,22)13-17)18-16(20)12-19(10-14-4-2-7-23-14)11-15-5-3-8-24-15/h3,5,8,14H,2,4,6-7,9-13H2,1H3,(H,18,20)/t14-,17-/m0/s1. The van der Waals surface area contributed by atoms with Crippen LogP contribution in [0, 0.1) is 0 Å². The van der Waals surface area contributed by atoms with Crippen LogP contribution >= 0.6 is 11.3 Å². The van der Waals surface area contributed by atoms with E-state index in [0.717, 1.165) is 26.0 Å². The molecule has 2 atom stereocenters. The summed E-state index contributed by atoms with van der Waals surface area (Å²) >= 11 is 1.67. The minimum absolute atomic E-state index is 0.0302. The van der Waals surface area contributed by atoms with Crippen LogP contribution in [0.3, 0.4) is 0 Å². The van der Waals surface area contributed by atoms with E-state index in [9.17, 15) is 13.2 Å². The van der Waals surface area contributed by atoms with E-state index in [1.807, 2.05) is 18.4 Å². The van der Waals surface area contributed by atoms with Crippen molar-refractivity contribution >= 4 is 27.1 Å². The van der Waals surface area contributed by atoms with E-state index >= 15 is 0 Å². The van der Waals surface area contributed by atoms with E-state index in [1.54, 1.807) is 11.3 Å². The van der Waals surface area contributed by atoms with Gasteiger partial charge in [-0.05, 0) is 37.6 Å². The zero-order valence-electron chi connectivity index (χ0n) is 14.6. The first-order valence-electron chi connectivity index (χ1n) is 8.71. The van der Waals surface area contributed by atoms with Crippen LogP contribution in [0.4, 0.5) is 0 Å². The van der Waals surface area contributed by atoms with Crippen LogP contribution in [0.15, 0.2) is 17.5 Å². The maximum Gasteiger partial charge on any atom is 0.234 e. The Kier molecular flexibility index (Phi) is 5.82. The number of amides is 1. The fourth-order valence-electron chi connectivity index (χ4n) is 3.57. The van der Waals surface area contributed by atoms with Gasteiger partial charge in [-0.2, -0.15) is 0 Å². The molecule has 1 amide bonds. The second kappa shape index (κ2) is 7.73. The Labute approximate surface area is 153 Å².